The fourth-order valence-electron chi connectivity index (χ4n) is 4.24. The molecule has 0 saturated carbocycles. The number of hydrogen-bond acceptors (Lipinski definition) is 4. The number of nitrogens with zero attached hydrogens (tertiary/aromatic N) is 5. The fourth-order valence-corrected chi connectivity index (χ4v) is 4.24. The Bertz CT molecular complexity index is 1100. The highest BCUT2D eigenvalue weighted by molar-refractivity contribution is 5.69. The van der Waals surface area contributed by atoms with Crippen LogP contribution in [0.3, 0.4) is 0 Å². The standard InChI is InChI=1S/C25H28N6/c1-29-12-11-26-24(29)19-31-15-13-30(14-16-31)18-23-17-27-28-25(23)22-9-7-21(8-10-22)20-5-3-2-4-6-20/h2-12,17H,13-16,18-19H2,1H3,(H,27,28). The van der Waals surface area contributed by atoms with Crippen LogP contribution in [0.5, 0.6) is 0 Å². The predicted molar refractivity (Wildman–Crippen MR) is 123 cm³/mol. The van der Waals surface area contributed by atoms with E-state index in [4.69, 9.17) is 0 Å². The van der Waals surface area contributed by atoms with Crippen LogP contribution in [0.1, 0.15) is 11.4 Å². The second kappa shape index (κ2) is 8.88. The lowest BCUT2D eigenvalue weighted by Gasteiger charge is -2.34. The lowest BCUT2D eigenvalue weighted by Crippen LogP contribution is -2.45. The van der Waals surface area contributed by atoms with E-state index in [0.717, 1.165) is 50.8 Å². The van der Waals surface area contributed by atoms with Crippen molar-refractivity contribution in [1.82, 2.24) is 29.5 Å². The minimum Gasteiger partial charge on any atom is -0.337 e. The van der Waals surface area contributed by atoms with Gasteiger partial charge in [0.15, 0.2) is 0 Å². The highest BCUT2D eigenvalue weighted by atomic mass is 15.3. The second-order valence-corrected chi connectivity index (χ2v) is 8.22. The van der Waals surface area contributed by atoms with Crippen LogP contribution >= 0.6 is 0 Å². The normalized spacial score (nSPS) is 15.4. The number of imidazole rings is 1. The average Bonchev–Trinajstić information content (AvgIpc) is 3.45. The Morgan fingerprint density at radius 3 is 2.13 bits per heavy atom. The van der Waals surface area contributed by atoms with E-state index in [0.29, 0.717) is 0 Å². The molecule has 0 amide bonds. The summed E-state index contributed by atoms with van der Waals surface area (Å²) in [6.45, 7) is 6.08. The van der Waals surface area contributed by atoms with Gasteiger partial charge in [-0.05, 0) is 16.7 Å². The number of aryl methyl sites for hydroxylation is 1. The van der Waals surface area contributed by atoms with E-state index >= 15 is 0 Å². The van der Waals surface area contributed by atoms with E-state index in [2.05, 4.69) is 85.1 Å². The fraction of sp³-hybridized carbons (Fsp3) is 0.280. The predicted octanol–water partition coefficient (Wildman–Crippen LogP) is 3.80. The number of rotatable bonds is 6. The Hall–Kier alpha value is -3.22. The molecule has 1 fully saturated rings. The number of nitrogens with one attached hydrogen (secondary N) is 1. The zero-order valence-corrected chi connectivity index (χ0v) is 17.9. The molecular formula is C25H28N6. The van der Waals surface area contributed by atoms with E-state index in [-0.39, 0.29) is 0 Å². The van der Waals surface area contributed by atoms with Crippen molar-refractivity contribution in [3.05, 3.63) is 84.6 Å². The van der Waals surface area contributed by atoms with Crippen LogP contribution in [-0.4, -0.2) is 55.7 Å². The summed E-state index contributed by atoms with van der Waals surface area (Å²) in [6.07, 6.45) is 5.86. The van der Waals surface area contributed by atoms with Gasteiger partial charge in [0.25, 0.3) is 0 Å². The Balaban J connectivity index is 1.22. The summed E-state index contributed by atoms with van der Waals surface area (Å²) < 4.78 is 2.10. The molecule has 1 aliphatic rings. The summed E-state index contributed by atoms with van der Waals surface area (Å²) in [5.41, 5.74) is 6.03. The summed E-state index contributed by atoms with van der Waals surface area (Å²) in [6, 6.07) is 19.2. The summed E-state index contributed by atoms with van der Waals surface area (Å²) in [7, 11) is 2.06. The van der Waals surface area contributed by atoms with Crippen molar-refractivity contribution in [3.63, 3.8) is 0 Å². The van der Waals surface area contributed by atoms with E-state index in [1.807, 2.05) is 24.7 Å². The summed E-state index contributed by atoms with van der Waals surface area (Å²) in [5, 5.41) is 7.56. The molecule has 4 aromatic rings. The molecule has 0 bridgehead atoms. The quantitative estimate of drug-likeness (QED) is 0.523. The van der Waals surface area contributed by atoms with Crippen LogP contribution in [0.2, 0.25) is 0 Å². The third kappa shape index (κ3) is 4.45. The lowest BCUT2D eigenvalue weighted by atomic mass is 10.0. The third-order valence-corrected chi connectivity index (χ3v) is 6.14. The number of benzene rings is 2. The van der Waals surface area contributed by atoms with E-state index in [1.165, 1.54) is 22.3 Å². The number of aromatic nitrogens is 4. The number of H-pyrrole nitrogens is 1. The second-order valence-electron chi connectivity index (χ2n) is 8.22. The Labute approximate surface area is 183 Å². The minimum atomic E-state index is 0.919. The van der Waals surface area contributed by atoms with Crippen LogP contribution in [0.25, 0.3) is 22.4 Å². The van der Waals surface area contributed by atoms with Crippen LogP contribution < -0.4 is 0 Å². The molecule has 31 heavy (non-hydrogen) atoms. The van der Waals surface area contributed by atoms with Crippen molar-refractivity contribution < 1.29 is 0 Å². The first kappa shape index (κ1) is 19.7. The van der Waals surface area contributed by atoms with Crippen molar-refractivity contribution in [2.45, 2.75) is 13.1 Å². The zero-order chi connectivity index (χ0) is 21.0. The number of aromatic amines is 1. The van der Waals surface area contributed by atoms with Gasteiger partial charge in [0.1, 0.15) is 5.82 Å². The van der Waals surface area contributed by atoms with Gasteiger partial charge in [-0.1, -0.05) is 54.6 Å². The molecular weight excluding hydrogens is 384 g/mol. The van der Waals surface area contributed by atoms with Gasteiger partial charge in [-0.15, -0.1) is 0 Å². The van der Waals surface area contributed by atoms with Crippen LogP contribution in [0.15, 0.2) is 73.2 Å². The molecule has 6 nitrogen and oxygen atoms in total. The van der Waals surface area contributed by atoms with Gasteiger partial charge in [-0.2, -0.15) is 5.10 Å². The molecule has 2 aromatic carbocycles. The number of piperazine rings is 1. The maximum absolute atomic E-state index is 4.46. The first-order valence-corrected chi connectivity index (χ1v) is 10.9. The third-order valence-electron chi connectivity index (χ3n) is 6.14. The molecule has 158 valence electrons. The maximum atomic E-state index is 4.46. The highest BCUT2D eigenvalue weighted by Crippen LogP contribution is 2.26. The first-order chi connectivity index (χ1) is 15.3. The smallest absolute Gasteiger partial charge is 0.122 e. The van der Waals surface area contributed by atoms with Crippen molar-refractivity contribution in [2.75, 3.05) is 26.2 Å². The molecule has 6 heteroatoms. The van der Waals surface area contributed by atoms with Crippen molar-refractivity contribution in [3.8, 4) is 22.4 Å². The monoisotopic (exact) mass is 412 g/mol. The molecule has 0 radical (unpaired) electrons. The molecule has 1 saturated heterocycles. The molecule has 5 rings (SSSR count). The van der Waals surface area contributed by atoms with Crippen LogP contribution in [0, 0.1) is 0 Å². The molecule has 0 unspecified atom stereocenters. The van der Waals surface area contributed by atoms with E-state index in [9.17, 15) is 0 Å². The molecule has 0 aliphatic carbocycles. The topological polar surface area (TPSA) is 53.0 Å². The Kier molecular flexibility index (Phi) is 5.65. The van der Waals surface area contributed by atoms with Crippen LogP contribution in [0.4, 0.5) is 0 Å². The maximum Gasteiger partial charge on any atom is 0.122 e. The largest absolute Gasteiger partial charge is 0.337 e. The molecule has 3 heterocycles. The minimum absolute atomic E-state index is 0.919. The summed E-state index contributed by atoms with van der Waals surface area (Å²) >= 11 is 0. The number of hydrogen-bond donors (Lipinski definition) is 1. The van der Waals surface area contributed by atoms with Crippen molar-refractivity contribution in [2.24, 2.45) is 7.05 Å². The molecule has 1 N–H and O–H groups in total. The molecule has 1 aliphatic heterocycles. The Morgan fingerprint density at radius 1 is 0.806 bits per heavy atom. The Morgan fingerprint density at radius 2 is 1.45 bits per heavy atom. The van der Waals surface area contributed by atoms with E-state index < -0.39 is 0 Å². The first-order valence-electron chi connectivity index (χ1n) is 10.9. The van der Waals surface area contributed by atoms with Gasteiger partial charge in [-0.3, -0.25) is 14.9 Å². The highest BCUT2D eigenvalue weighted by Gasteiger charge is 2.20. The summed E-state index contributed by atoms with van der Waals surface area (Å²) in [4.78, 5) is 9.45. The van der Waals surface area contributed by atoms with Crippen molar-refractivity contribution in [1.29, 1.82) is 0 Å². The zero-order valence-electron chi connectivity index (χ0n) is 17.9. The van der Waals surface area contributed by atoms with Gasteiger partial charge in [-0.25, -0.2) is 4.98 Å². The van der Waals surface area contributed by atoms with Crippen molar-refractivity contribution >= 4 is 0 Å². The van der Waals surface area contributed by atoms with Gasteiger partial charge >= 0.3 is 0 Å². The molecule has 2 aromatic heterocycles. The van der Waals surface area contributed by atoms with E-state index in [1.54, 1.807) is 0 Å². The summed E-state index contributed by atoms with van der Waals surface area (Å²) in [5.74, 6) is 1.13. The average molecular weight is 413 g/mol. The molecule has 0 atom stereocenters. The van der Waals surface area contributed by atoms with Gasteiger partial charge in [0.2, 0.25) is 0 Å². The van der Waals surface area contributed by atoms with Gasteiger partial charge in [0.05, 0.1) is 18.4 Å². The van der Waals surface area contributed by atoms with Gasteiger partial charge < -0.3 is 4.57 Å². The van der Waals surface area contributed by atoms with Gasteiger partial charge in [0, 0.05) is 57.7 Å². The SMILES string of the molecule is Cn1ccnc1CN1CCN(Cc2cn[nH]c2-c2ccc(-c3ccccc3)cc2)CC1. The van der Waals surface area contributed by atoms with Crippen LogP contribution in [-0.2, 0) is 20.1 Å². The lowest BCUT2D eigenvalue weighted by molar-refractivity contribution is 0.119. The molecule has 0 spiro atoms.